The number of nitrogens with zero attached hydrogens (tertiary/aromatic N) is 5. The molecule has 0 aliphatic carbocycles. The van der Waals surface area contributed by atoms with E-state index in [2.05, 4.69) is 39.8 Å². The summed E-state index contributed by atoms with van der Waals surface area (Å²) in [4.78, 5) is 28.2. The SMILES string of the molecule is CSc1nc2ccccc2n1[C@@H]1CCN(C(=O)OCCCOCc2nc(Cl)c3oc4ccccc4c3n2)C[C@H]1C. The van der Waals surface area contributed by atoms with Gasteiger partial charge < -0.3 is 23.4 Å². The minimum Gasteiger partial charge on any atom is -0.451 e. The van der Waals surface area contributed by atoms with Crippen LogP contribution in [0.15, 0.2) is 58.1 Å². The first-order chi connectivity index (χ1) is 19.5. The maximum Gasteiger partial charge on any atom is 0.409 e. The molecule has 0 bridgehead atoms. The zero-order chi connectivity index (χ0) is 27.6. The number of halogens is 1. The molecule has 5 aromatic rings. The fraction of sp³-hybridized carbons (Fsp3) is 0.379. The summed E-state index contributed by atoms with van der Waals surface area (Å²) in [6.07, 6.45) is 3.20. The Kier molecular flexibility index (Phi) is 7.82. The van der Waals surface area contributed by atoms with Crippen molar-refractivity contribution in [2.75, 3.05) is 32.6 Å². The van der Waals surface area contributed by atoms with Gasteiger partial charge in [0.1, 0.15) is 17.7 Å². The van der Waals surface area contributed by atoms with Crippen molar-refractivity contribution in [1.82, 2.24) is 24.4 Å². The molecule has 9 nitrogen and oxygen atoms in total. The van der Waals surface area contributed by atoms with Gasteiger partial charge in [0.05, 0.1) is 24.2 Å². The zero-order valence-electron chi connectivity index (χ0n) is 22.4. The number of furan rings is 1. The summed E-state index contributed by atoms with van der Waals surface area (Å²) in [5.41, 5.74) is 4.01. The standard InChI is InChI=1S/C29H30ClN5O4S/c1-18-16-34(13-12-21(18)35-22-10-5-4-9-20(22)31-28(35)40-2)29(36)38-15-7-14-37-17-24-32-25-19-8-3-6-11-23(19)39-26(25)27(30)33-24/h3-6,8-11,18,21H,7,12-17H2,1-2H3/t18-,21-/m1/s1. The number of amides is 1. The lowest BCUT2D eigenvalue weighted by Crippen LogP contribution is -2.44. The molecule has 11 heteroatoms. The number of carbonyl (C=O) groups is 1. The van der Waals surface area contributed by atoms with Gasteiger partial charge in [0.2, 0.25) is 0 Å². The van der Waals surface area contributed by atoms with Crippen LogP contribution in [-0.2, 0) is 16.1 Å². The second-order valence-electron chi connectivity index (χ2n) is 9.96. The molecule has 1 aliphatic rings. The molecule has 2 aromatic carbocycles. The molecule has 0 radical (unpaired) electrons. The Labute approximate surface area is 240 Å². The van der Waals surface area contributed by atoms with Gasteiger partial charge in [0.15, 0.2) is 21.7 Å². The third kappa shape index (κ3) is 5.23. The average Bonchev–Trinajstić information content (AvgIpc) is 3.53. The summed E-state index contributed by atoms with van der Waals surface area (Å²) in [5, 5.41) is 2.16. The van der Waals surface area contributed by atoms with Gasteiger partial charge >= 0.3 is 6.09 Å². The van der Waals surface area contributed by atoms with Gasteiger partial charge in [-0.1, -0.05) is 54.6 Å². The van der Waals surface area contributed by atoms with E-state index in [9.17, 15) is 4.79 Å². The van der Waals surface area contributed by atoms with Gasteiger partial charge in [0.25, 0.3) is 0 Å². The Bertz CT molecular complexity index is 1670. The lowest BCUT2D eigenvalue weighted by Gasteiger charge is -2.37. The largest absolute Gasteiger partial charge is 0.451 e. The van der Waals surface area contributed by atoms with Crippen LogP contribution >= 0.6 is 23.4 Å². The summed E-state index contributed by atoms with van der Waals surface area (Å²) in [6, 6.07) is 16.2. The highest BCUT2D eigenvalue weighted by molar-refractivity contribution is 7.98. The smallest absolute Gasteiger partial charge is 0.409 e. The number of likely N-dealkylation sites (tertiary alicyclic amines) is 1. The molecule has 1 saturated heterocycles. The molecule has 1 fully saturated rings. The number of imidazole rings is 1. The molecular formula is C29H30ClN5O4S. The number of carbonyl (C=O) groups excluding carboxylic acids is 1. The first-order valence-corrected chi connectivity index (χ1v) is 15.0. The van der Waals surface area contributed by atoms with Crippen LogP contribution in [0.3, 0.4) is 0 Å². The Morgan fingerprint density at radius 2 is 1.95 bits per heavy atom. The van der Waals surface area contributed by atoms with Crippen LogP contribution in [0.5, 0.6) is 0 Å². The van der Waals surface area contributed by atoms with Crippen molar-refractivity contribution in [2.45, 2.75) is 37.6 Å². The van der Waals surface area contributed by atoms with Gasteiger partial charge in [0, 0.05) is 30.9 Å². The fourth-order valence-electron chi connectivity index (χ4n) is 5.41. The van der Waals surface area contributed by atoms with Crippen LogP contribution in [0.4, 0.5) is 4.79 Å². The maximum absolute atomic E-state index is 12.8. The Balaban J connectivity index is 0.973. The summed E-state index contributed by atoms with van der Waals surface area (Å²) in [5.74, 6) is 0.748. The number of hydrogen-bond acceptors (Lipinski definition) is 8. The van der Waals surface area contributed by atoms with Crippen LogP contribution in [0.25, 0.3) is 33.1 Å². The van der Waals surface area contributed by atoms with Crippen molar-refractivity contribution in [1.29, 1.82) is 0 Å². The highest BCUT2D eigenvalue weighted by atomic mass is 35.5. The number of hydrogen-bond donors (Lipinski definition) is 0. The van der Waals surface area contributed by atoms with E-state index in [4.69, 9.17) is 30.5 Å². The number of ether oxygens (including phenoxy) is 2. The average molecular weight is 580 g/mol. The molecule has 3 aromatic heterocycles. The van der Waals surface area contributed by atoms with Gasteiger partial charge in [-0.15, -0.1) is 0 Å². The molecule has 1 aliphatic heterocycles. The van der Waals surface area contributed by atoms with Gasteiger partial charge in [-0.2, -0.15) is 0 Å². The van der Waals surface area contributed by atoms with Crippen LogP contribution in [0.1, 0.15) is 31.6 Å². The maximum atomic E-state index is 12.8. The van der Waals surface area contributed by atoms with Crippen LogP contribution < -0.4 is 0 Å². The van der Waals surface area contributed by atoms with E-state index in [0.29, 0.717) is 48.6 Å². The molecule has 1 amide bonds. The van der Waals surface area contributed by atoms with Gasteiger partial charge in [-0.3, -0.25) is 0 Å². The third-order valence-corrected chi connectivity index (χ3v) is 8.22. The lowest BCUT2D eigenvalue weighted by atomic mass is 9.93. The lowest BCUT2D eigenvalue weighted by molar-refractivity contribution is 0.0583. The minimum atomic E-state index is -0.279. The molecular weight excluding hydrogens is 550 g/mol. The van der Waals surface area contributed by atoms with Crippen molar-refractivity contribution in [3.63, 3.8) is 0 Å². The van der Waals surface area contributed by atoms with Crippen LogP contribution in [-0.4, -0.2) is 63.1 Å². The Hall–Kier alpha value is -3.34. The topological polar surface area (TPSA) is 95.5 Å². The minimum absolute atomic E-state index is 0.203. The van der Waals surface area contributed by atoms with E-state index in [0.717, 1.165) is 28.0 Å². The first-order valence-electron chi connectivity index (χ1n) is 13.4. The molecule has 208 valence electrons. The second-order valence-corrected chi connectivity index (χ2v) is 11.1. The number of rotatable bonds is 8. The Morgan fingerprint density at radius 1 is 1.12 bits per heavy atom. The van der Waals surface area contributed by atoms with Crippen LogP contribution in [0, 0.1) is 5.92 Å². The van der Waals surface area contributed by atoms with Crippen LogP contribution in [0.2, 0.25) is 5.15 Å². The van der Waals surface area contributed by atoms with E-state index in [1.165, 1.54) is 0 Å². The highest BCUT2D eigenvalue weighted by Crippen LogP contribution is 2.35. The highest BCUT2D eigenvalue weighted by Gasteiger charge is 2.32. The number of aromatic nitrogens is 4. The summed E-state index contributed by atoms with van der Waals surface area (Å²) in [6.45, 7) is 4.37. The molecule has 0 N–H and O–H groups in total. The van der Waals surface area contributed by atoms with Crippen molar-refractivity contribution in [3.8, 4) is 0 Å². The summed E-state index contributed by atoms with van der Waals surface area (Å²) < 4.78 is 19.4. The molecule has 4 heterocycles. The van der Waals surface area contributed by atoms with Gasteiger partial charge in [-0.05, 0) is 42.9 Å². The van der Waals surface area contributed by atoms with Crippen molar-refractivity contribution in [3.05, 3.63) is 59.5 Å². The quantitative estimate of drug-likeness (QED) is 0.113. The van der Waals surface area contributed by atoms with E-state index < -0.39 is 0 Å². The fourth-order valence-corrected chi connectivity index (χ4v) is 6.26. The number of para-hydroxylation sites is 3. The molecule has 0 saturated carbocycles. The molecule has 0 spiro atoms. The van der Waals surface area contributed by atoms with E-state index in [1.807, 2.05) is 36.4 Å². The van der Waals surface area contributed by atoms with Crippen molar-refractivity contribution in [2.24, 2.45) is 5.92 Å². The molecule has 0 unspecified atom stereocenters. The summed E-state index contributed by atoms with van der Waals surface area (Å²) in [7, 11) is 0. The number of fused-ring (bicyclic) bond motifs is 4. The number of benzene rings is 2. The monoisotopic (exact) mass is 579 g/mol. The second kappa shape index (κ2) is 11.6. The van der Waals surface area contributed by atoms with Gasteiger partial charge in [-0.25, -0.2) is 19.7 Å². The normalized spacial score (nSPS) is 17.7. The number of thioether (sulfide) groups is 1. The first kappa shape index (κ1) is 26.9. The molecule has 2 atom stereocenters. The predicted molar refractivity (Wildman–Crippen MR) is 156 cm³/mol. The molecule has 6 rings (SSSR count). The molecule has 40 heavy (non-hydrogen) atoms. The zero-order valence-corrected chi connectivity index (χ0v) is 24.0. The number of piperidine rings is 1. The van der Waals surface area contributed by atoms with E-state index in [1.54, 1.807) is 16.7 Å². The summed E-state index contributed by atoms with van der Waals surface area (Å²) >= 11 is 7.98. The van der Waals surface area contributed by atoms with E-state index >= 15 is 0 Å². The Morgan fingerprint density at radius 3 is 2.80 bits per heavy atom. The van der Waals surface area contributed by atoms with E-state index in [-0.39, 0.29) is 36.4 Å². The van der Waals surface area contributed by atoms with Crippen molar-refractivity contribution < 1.29 is 18.7 Å². The van der Waals surface area contributed by atoms with Crippen molar-refractivity contribution >= 4 is 62.6 Å². The third-order valence-electron chi connectivity index (χ3n) is 7.31. The predicted octanol–water partition coefficient (Wildman–Crippen LogP) is 6.73.